The zero-order chi connectivity index (χ0) is 20.2. The minimum absolute atomic E-state index is 0.127. The highest BCUT2D eigenvalue weighted by Gasteiger charge is 2.14. The maximum absolute atomic E-state index is 13.2. The van der Waals surface area contributed by atoms with E-state index in [1.54, 1.807) is 12.3 Å². The van der Waals surface area contributed by atoms with Crippen molar-refractivity contribution in [1.29, 1.82) is 10.7 Å². The molecule has 5 nitrogen and oxygen atoms in total. The third-order valence-electron chi connectivity index (χ3n) is 4.46. The van der Waals surface area contributed by atoms with Crippen LogP contribution < -0.4 is 0 Å². The minimum atomic E-state index is -0.379. The highest BCUT2D eigenvalue weighted by Crippen LogP contribution is 2.28. The van der Waals surface area contributed by atoms with Crippen LogP contribution in [0.1, 0.15) is 11.1 Å². The van der Waals surface area contributed by atoms with E-state index in [-0.39, 0.29) is 11.5 Å². The van der Waals surface area contributed by atoms with Crippen LogP contribution in [0.4, 0.5) is 4.39 Å². The van der Waals surface area contributed by atoms with Crippen molar-refractivity contribution in [2.45, 2.75) is 0 Å². The van der Waals surface area contributed by atoms with E-state index in [1.165, 1.54) is 36.7 Å². The fourth-order valence-corrected chi connectivity index (χ4v) is 3.07. The lowest BCUT2D eigenvalue weighted by Gasteiger charge is -2.11. The summed E-state index contributed by atoms with van der Waals surface area (Å²) in [6, 6.07) is 18.7. The van der Waals surface area contributed by atoms with Gasteiger partial charge in [-0.05, 0) is 54.1 Å². The fourth-order valence-electron chi connectivity index (χ4n) is 3.07. The summed E-state index contributed by atoms with van der Waals surface area (Å²) in [6.45, 7) is 0. The Morgan fingerprint density at radius 2 is 1.76 bits per heavy atom. The molecule has 29 heavy (non-hydrogen) atoms. The quantitative estimate of drug-likeness (QED) is 0.407. The van der Waals surface area contributed by atoms with E-state index >= 15 is 0 Å². The van der Waals surface area contributed by atoms with Gasteiger partial charge in [0.2, 0.25) is 0 Å². The van der Waals surface area contributed by atoms with Gasteiger partial charge in [0.15, 0.2) is 0 Å². The molecule has 138 valence electrons. The lowest BCUT2D eigenvalue weighted by molar-refractivity contribution is 0.628. The molecule has 2 heterocycles. The Morgan fingerprint density at radius 3 is 2.48 bits per heavy atom. The van der Waals surface area contributed by atoms with Gasteiger partial charge in [-0.1, -0.05) is 12.1 Å². The van der Waals surface area contributed by atoms with E-state index in [4.69, 9.17) is 5.41 Å². The molecule has 4 rings (SSSR count). The number of nitrogens with zero attached hydrogens (tertiary/aromatic N) is 4. The summed E-state index contributed by atoms with van der Waals surface area (Å²) < 4.78 is 13.2. The van der Waals surface area contributed by atoms with Crippen LogP contribution >= 0.6 is 0 Å². The number of aromatic nitrogens is 3. The van der Waals surface area contributed by atoms with Gasteiger partial charge in [0.05, 0.1) is 28.7 Å². The van der Waals surface area contributed by atoms with Crippen LogP contribution in [-0.4, -0.2) is 20.7 Å². The number of nitrogens with one attached hydrogen (secondary N) is 1. The maximum Gasteiger partial charge on any atom is 0.123 e. The normalized spacial score (nSPS) is 11.2. The van der Waals surface area contributed by atoms with Crippen LogP contribution in [0.2, 0.25) is 0 Å². The van der Waals surface area contributed by atoms with Gasteiger partial charge in [0.1, 0.15) is 12.1 Å². The molecule has 0 unspecified atom stereocenters. The Morgan fingerprint density at radius 1 is 0.966 bits per heavy atom. The second-order valence-corrected chi connectivity index (χ2v) is 6.24. The smallest absolute Gasteiger partial charge is 0.123 e. The van der Waals surface area contributed by atoms with E-state index in [0.717, 1.165) is 10.9 Å². The number of benzene rings is 2. The summed E-state index contributed by atoms with van der Waals surface area (Å²) in [4.78, 5) is 13.1. The monoisotopic (exact) mass is 379 g/mol. The van der Waals surface area contributed by atoms with E-state index in [1.807, 2.05) is 36.4 Å². The first-order valence-corrected chi connectivity index (χ1v) is 8.78. The fraction of sp³-hybridized carbons (Fsp3) is 0. The maximum atomic E-state index is 13.2. The molecule has 2 aromatic carbocycles. The number of hydrogen-bond donors (Lipinski definition) is 1. The van der Waals surface area contributed by atoms with Gasteiger partial charge in [-0.15, -0.1) is 0 Å². The number of allylic oxidation sites excluding steroid dienone is 2. The Balaban J connectivity index is 1.85. The molecule has 0 aliphatic carbocycles. The van der Waals surface area contributed by atoms with E-state index in [0.29, 0.717) is 28.1 Å². The Kier molecular flexibility index (Phi) is 4.87. The number of hydrogen-bond acceptors (Lipinski definition) is 5. The predicted molar refractivity (Wildman–Crippen MR) is 110 cm³/mol. The van der Waals surface area contributed by atoms with Crippen LogP contribution in [-0.2, 0) is 0 Å². The molecule has 0 saturated heterocycles. The first-order chi connectivity index (χ1) is 14.2. The van der Waals surface area contributed by atoms with Gasteiger partial charge in [-0.25, -0.2) is 14.4 Å². The lowest BCUT2D eigenvalue weighted by atomic mass is 9.94. The Labute approximate surface area is 166 Å². The first kappa shape index (κ1) is 18.1. The molecule has 0 aliphatic heterocycles. The van der Waals surface area contributed by atoms with Gasteiger partial charge in [0.25, 0.3) is 0 Å². The predicted octanol–water partition coefficient (Wildman–Crippen LogP) is 4.81. The van der Waals surface area contributed by atoms with Crippen molar-refractivity contribution < 1.29 is 4.39 Å². The lowest BCUT2D eigenvalue weighted by Crippen LogP contribution is -2.03. The molecular weight excluding hydrogens is 365 g/mol. The zero-order valence-corrected chi connectivity index (χ0v) is 15.2. The molecular formula is C23H14FN5. The molecule has 0 saturated carbocycles. The summed E-state index contributed by atoms with van der Waals surface area (Å²) in [6.07, 6.45) is 4.49. The van der Waals surface area contributed by atoms with Gasteiger partial charge in [-0.3, -0.25) is 10.4 Å². The van der Waals surface area contributed by atoms with Crippen LogP contribution in [0.5, 0.6) is 0 Å². The first-order valence-electron chi connectivity index (χ1n) is 8.78. The zero-order valence-electron chi connectivity index (χ0n) is 15.2. The van der Waals surface area contributed by atoms with Crippen LogP contribution in [0.3, 0.4) is 0 Å². The molecule has 2 aromatic heterocycles. The Bertz CT molecular complexity index is 1270. The summed E-state index contributed by atoms with van der Waals surface area (Å²) in [7, 11) is 0. The van der Waals surface area contributed by atoms with Crippen molar-refractivity contribution in [2.75, 3.05) is 0 Å². The van der Waals surface area contributed by atoms with Crippen molar-refractivity contribution in [2.24, 2.45) is 0 Å². The molecule has 1 N–H and O–H groups in total. The molecule has 0 aliphatic rings. The van der Waals surface area contributed by atoms with Crippen molar-refractivity contribution in [3.8, 4) is 17.5 Å². The van der Waals surface area contributed by atoms with Crippen molar-refractivity contribution in [3.63, 3.8) is 0 Å². The molecule has 0 fully saturated rings. The van der Waals surface area contributed by atoms with Crippen LogP contribution in [0, 0.1) is 22.6 Å². The molecule has 6 heteroatoms. The van der Waals surface area contributed by atoms with Gasteiger partial charge < -0.3 is 0 Å². The topological polar surface area (TPSA) is 86.3 Å². The highest BCUT2D eigenvalue weighted by molar-refractivity contribution is 6.31. The largest absolute Gasteiger partial charge is 0.300 e. The molecule has 0 spiro atoms. The Hall–Kier alpha value is -4.24. The van der Waals surface area contributed by atoms with Crippen molar-refractivity contribution in [1.82, 2.24) is 15.0 Å². The van der Waals surface area contributed by atoms with Gasteiger partial charge in [-0.2, -0.15) is 5.26 Å². The standard InChI is InChI=1S/C23H14FN5/c24-17-7-4-15(5-8-17)22(26)18(10-11-25)16-6-9-20-19(13-16)23(29-14-28-20)21-3-1-2-12-27-21/h1-10,12-14,26H/b18-10-,26-22?. The molecule has 0 atom stereocenters. The van der Waals surface area contributed by atoms with Gasteiger partial charge >= 0.3 is 0 Å². The van der Waals surface area contributed by atoms with E-state index < -0.39 is 0 Å². The number of nitriles is 1. The second-order valence-electron chi connectivity index (χ2n) is 6.24. The van der Waals surface area contributed by atoms with Crippen molar-refractivity contribution >= 4 is 22.2 Å². The third kappa shape index (κ3) is 3.62. The minimum Gasteiger partial charge on any atom is -0.300 e. The highest BCUT2D eigenvalue weighted by atomic mass is 19.1. The number of fused-ring (bicyclic) bond motifs is 1. The molecule has 0 amide bonds. The molecule has 0 bridgehead atoms. The summed E-state index contributed by atoms with van der Waals surface area (Å²) in [5.74, 6) is -0.379. The van der Waals surface area contributed by atoms with Crippen LogP contribution in [0.25, 0.3) is 27.9 Å². The number of rotatable bonds is 4. The average Bonchev–Trinajstić information content (AvgIpc) is 2.77. The van der Waals surface area contributed by atoms with E-state index in [2.05, 4.69) is 15.0 Å². The SMILES string of the molecule is N#C/C=C(\C(=N)c1ccc(F)cc1)c1ccc2ncnc(-c3ccccn3)c2c1. The summed E-state index contributed by atoms with van der Waals surface area (Å²) in [5.41, 5.74) is 3.84. The summed E-state index contributed by atoms with van der Waals surface area (Å²) in [5, 5.41) is 18.6. The average molecular weight is 379 g/mol. The third-order valence-corrected chi connectivity index (χ3v) is 4.46. The van der Waals surface area contributed by atoms with E-state index in [9.17, 15) is 9.65 Å². The van der Waals surface area contributed by atoms with Crippen molar-refractivity contribution in [3.05, 3.63) is 96.2 Å². The number of halogens is 1. The second kappa shape index (κ2) is 7.79. The van der Waals surface area contributed by atoms with Gasteiger partial charge in [0, 0.05) is 28.8 Å². The summed E-state index contributed by atoms with van der Waals surface area (Å²) >= 11 is 0. The molecule has 0 radical (unpaired) electrons. The number of pyridine rings is 1. The molecule has 4 aromatic rings. The van der Waals surface area contributed by atoms with Crippen LogP contribution in [0.15, 0.2) is 79.3 Å².